The molecular weight excluding hydrogens is 595 g/mol. The van der Waals surface area contributed by atoms with Crippen molar-refractivity contribution in [2.45, 2.75) is 85.2 Å². The van der Waals surface area contributed by atoms with Crippen molar-refractivity contribution in [3.05, 3.63) is 45.9 Å². The van der Waals surface area contributed by atoms with Crippen molar-refractivity contribution in [1.82, 2.24) is 20.0 Å². The SMILES string of the molecule is Cc1noc(C)c1-c1cc(Cl)nc(-c2cc(OC[C@@H](CN(C)C(=O)OC(C)(C)C)O[Si](C)(C)C(C)(C)C)ccc2Cl)n1. The average Bonchev–Trinajstić information content (AvgIpc) is 3.18. The van der Waals surface area contributed by atoms with E-state index in [1.165, 1.54) is 4.90 Å². The van der Waals surface area contributed by atoms with Gasteiger partial charge in [0.05, 0.1) is 34.6 Å². The molecule has 3 rings (SSSR count). The number of ether oxygens (including phenoxy) is 2. The van der Waals surface area contributed by atoms with Gasteiger partial charge < -0.3 is 23.3 Å². The number of rotatable bonds is 9. The van der Waals surface area contributed by atoms with E-state index in [1.807, 2.05) is 34.6 Å². The van der Waals surface area contributed by atoms with Crippen LogP contribution in [0.3, 0.4) is 0 Å². The zero-order chi connectivity index (χ0) is 31.6. The first-order valence-corrected chi connectivity index (χ1v) is 17.5. The third-order valence-corrected chi connectivity index (χ3v) is 12.1. The number of halogens is 2. The Kier molecular flexibility index (Phi) is 10.4. The second-order valence-corrected chi connectivity index (χ2v) is 18.5. The van der Waals surface area contributed by atoms with E-state index in [1.54, 1.807) is 31.3 Å². The van der Waals surface area contributed by atoms with E-state index in [9.17, 15) is 4.79 Å². The lowest BCUT2D eigenvalue weighted by atomic mass is 10.1. The lowest BCUT2D eigenvalue weighted by Gasteiger charge is -2.40. The van der Waals surface area contributed by atoms with Crippen molar-refractivity contribution in [3.63, 3.8) is 0 Å². The van der Waals surface area contributed by atoms with Crippen LogP contribution in [0.2, 0.25) is 28.3 Å². The van der Waals surface area contributed by atoms with Gasteiger partial charge in [-0.25, -0.2) is 14.8 Å². The molecule has 1 amide bonds. The predicted molar refractivity (Wildman–Crippen MR) is 169 cm³/mol. The number of aromatic nitrogens is 3. The van der Waals surface area contributed by atoms with E-state index >= 15 is 0 Å². The molecule has 0 spiro atoms. The molecule has 2 heterocycles. The van der Waals surface area contributed by atoms with Crippen LogP contribution in [0.25, 0.3) is 22.6 Å². The second kappa shape index (κ2) is 12.9. The van der Waals surface area contributed by atoms with Crippen molar-refractivity contribution in [3.8, 4) is 28.4 Å². The predicted octanol–water partition coefficient (Wildman–Crippen LogP) is 8.36. The van der Waals surface area contributed by atoms with Gasteiger partial charge in [-0.05, 0) is 71.0 Å². The number of hydrogen-bond acceptors (Lipinski definition) is 8. The minimum absolute atomic E-state index is 0.0357. The topological polar surface area (TPSA) is 99.8 Å². The normalized spacial score (nSPS) is 13.2. The molecule has 42 heavy (non-hydrogen) atoms. The summed E-state index contributed by atoms with van der Waals surface area (Å²) in [6, 6.07) is 6.93. The van der Waals surface area contributed by atoms with Gasteiger partial charge in [-0.1, -0.05) is 49.1 Å². The molecule has 0 radical (unpaired) electrons. The summed E-state index contributed by atoms with van der Waals surface area (Å²) in [4.78, 5) is 23.4. The molecule has 0 N–H and O–H groups in total. The highest BCUT2D eigenvalue weighted by atomic mass is 35.5. The van der Waals surface area contributed by atoms with Gasteiger partial charge in [0.15, 0.2) is 14.1 Å². The van der Waals surface area contributed by atoms with Gasteiger partial charge in [0.1, 0.15) is 28.9 Å². The van der Waals surface area contributed by atoms with E-state index in [0.717, 1.165) is 5.56 Å². The minimum atomic E-state index is -2.20. The average molecular weight is 638 g/mol. The number of benzene rings is 1. The lowest BCUT2D eigenvalue weighted by molar-refractivity contribution is 0.0172. The van der Waals surface area contributed by atoms with Gasteiger partial charge in [-0.2, -0.15) is 0 Å². The molecule has 0 aliphatic carbocycles. The van der Waals surface area contributed by atoms with Crippen LogP contribution in [0.1, 0.15) is 53.0 Å². The Morgan fingerprint density at radius 3 is 2.31 bits per heavy atom. The molecule has 12 heteroatoms. The maximum absolute atomic E-state index is 12.7. The van der Waals surface area contributed by atoms with Crippen LogP contribution in [0.15, 0.2) is 28.8 Å². The minimum Gasteiger partial charge on any atom is -0.491 e. The Bertz CT molecular complexity index is 1400. The summed E-state index contributed by atoms with van der Waals surface area (Å²) in [5.41, 5.74) is 1.98. The molecule has 230 valence electrons. The maximum Gasteiger partial charge on any atom is 0.410 e. The van der Waals surface area contributed by atoms with Crippen molar-refractivity contribution in [1.29, 1.82) is 0 Å². The highest BCUT2D eigenvalue weighted by Gasteiger charge is 2.40. The number of amides is 1. The van der Waals surface area contributed by atoms with Crippen LogP contribution in [-0.4, -0.2) is 66.3 Å². The first-order chi connectivity index (χ1) is 19.3. The van der Waals surface area contributed by atoms with Crippen LogP contribution < -0.4 is 4.74 Å². The number of carbonyl (C=O) groups excluding carboxylic acids is 1. The van der Waals surface area contributed by atoms with Gasteiger partial charge in [-0.3, -0.25) is 0 Å². The molecule has 1 atom stereocenters. The number of nitrogens with zero attached hydrogens (tertiary/aromatic N) is 4. The van der Waals surface area contributed by atoms with Gasteiger partial charge in [-0.15, -0.1) is 0 Å². The Morgan fingerprint density at radius 2 is 1.74 bits per heavy atom. The lowest BCUT2D eigenvalue weighted by Crippen LogP contribution is -2.49. The number of hydrogen-bond donors (Lipinski definition) is 0. The summed E-state index contributed by atoms with van der Waals surface area (Å²) in [5.74, 6) is 1.51. The number of aryl methyl sites for hydroxylation is 2. The van der Waals surface area contributed by atoms with E-state index < -0.39 is 26.1 Å². The molecule has 0 saturated carbocycles. The van der Waals surface area contributed by atoms with E-state index in [4.69, 9.17) is 46.6 Å². The first-order valence-electron chi connectivity index (χ1n) is 13.8. The van der Waals surface area contributed by atoms with Crippen molar-refractivity contribution in [2.75, 3.05) is 20.2 Å². The molecule has 0 fully saturated rings. The summed E-state index contributed by atoms with van der Waals surface area (Å²) in [6.07, 6.45) is -0.830. The highest BCUT2D eigenvalue weighted by molar-refractivity contribution is 6.74. The zero-order valence-corrected chi connectivity index (χ0v) is 28.9. The quantitative estimate of drug-likeness (QED) is 0.171. The number of likely N-dealkylation sites (N-methyl/N-ethyl adjacent to an activating group) is 1. The van der Waals surface area contributed by atoms with E-state index in [-0.39, 0.29) is 16.8 Å². The van der Waals surface area contributed by atoms with Gasteiger partial charge in [0, 0.05) is 18.7 Å². The monoisotopic (exact) mass is 636 g/mol. The zero-order valence-electron chi connectivity index (χ0n) is 26.4. The highest BCUT2D eigenvalue weighted by Crippen LogP contribution is 2.38. The Balaban J connectivity index is 1.88. The third-order valence-electron chi connectivity index (χ3n) is 7.05. The summed E-state index contributed by atoms with van der Waals surface area (Å²) < 4.78 is 23.8. The second-order valence-electron chi connectivity index (χ2n) is 12.9. The summed E-state index contributed by atoms with van der Waals surface area (Å²) in [7, 11) is -0.505. The van der Waals surface area contributed by atoms with Crippen molar-refractivity contribution < 1.29 is 23.2 Å². The van der Waals surface area contributed by atoms with E-state index in [0.29, 0.717) is 45.9 Å². The molecule has 1 aromatic carbocycles. The Labute approximate surface area is 260 Å². The summed E-state index contributed by atoms with van der Waals surface area (Å²) >= 11 is 13.0. The fraction of sp³-hybridized carbons (Fsp3) is 0.533. The molecule has 0 saturated heterocycles. The molecule has 0 aliphatic heterocycles. The van der Waals surface area contributed by atoms with Crippen LogP contribution in [0, 0.1) is 13.8 Å². The molecular formula is C30H42Cl2N4O5Si. The molecule has 2 aromatic heterocycles. The molecule has 0 bridgehead atoms. The summed E-state index contributed by atoms with van der Waals surface area (Å²) in [6.45, 7) is 20.5. The van der Waals surface area contributed by atoms with Crippen LogP contribution in [-0.2, 0) is 9.16 Å². The van der Waals surface area contributed by atoms with Crippen LogP contribution in [0.4, 0.5) is 4.79 Å². The molecule has 0 unspecified atom stereocenters. The van der Waals surface area contributed by atoms with Gasteiger partial charge >= 0.3 is 6.09 Å². The Morgan fingerprint density at radius 1 is 1.07 bits per heavy atom. The molecule has 3 aromatic rings. The number of carbonyl (C=O) groups is 1. The fourth-order valence-electron chi connectivity index (χ4n) is 3.91. The van der Waals surface area contributed by atoms with Crippen LogP contribution >= 0.6 is 23.2 Å². The summed E-state index contributed by atoms with van der Waals surface area (Å²) in [5, 5.41) is 4.68. The van der Waals surface area contributed by atoms with Crippen molar-refractivity contribution >= 4 is 37.6 Å². The van der Waals surface area contributed by atoms with Gasteiger partial charge in [0.25, 0.3) is 0 Å². The fourth-order valence-corrected chi connectivity index (χ4v) is 5.62. The van der Waals surface area contributed by atoms with Crippen LogP contribution in [0.5, 0.6) is 5.75 Å². The third kappa shape index (κ3) is 8.69. The van der Waals surface area contributed by atoms with Gasteiger partial charge in [0.2, 0.25) is 0 Å². The maximum atomic E-state index is 12.7. The van der Waals surface area contributed by atoms with Crippen molar-refractivity contribution in [2.24, 2.45) is 0 Å². The standard InChI is InChI=1S/C30H42Cl2N4O5Si/c1-18-26(19(2)40-35-18)24-15-25(32)34-27(33-24)22-14-20(12-13-23(22)31)38-17-21(41-42(10,11)30(6,7)8)16-36(9)28(37)39-29(3,4)5/h12-15,21H,16-17H2,1-11H3/t21-/m1/s1. The molecule has 9 nitrogen and oxygen atoms in total. The first kappa shape index (κ1) is 33.8. The Hall–Kier alpha value is -2.66. The largest absolute Gasteiger partial charge is 0.491 e. The molecule has 0 aliphatic rings. The van der Waals surface area contributed by atoms with E-state index in [2.05, 4.69) is 44.0 Å². The smallest absolute Gasteiger partial charge is 0.410 e.